The molecule has 0 atom stereocenters. The number of nitrogens with one attached hydrogen (secondary N) is 1. The topological polar surface area (TPSA) is 141 Å². The zero-order chi connectivity index (χ0) is 30.5. The van der Waals surface area contributed by atoms with E-state index in [1.165, 1.54) is 62.0 Å². The highest BCUT2D eigenvalue weighted by Crippen LogP contribution is 2.33. The van der Waals surface area contributed by atoms with Gasteiger partial charge in [-0.3, -0.25) is 9.10 Å². The van der Waals surface area contributed by atoms with Crippen LogP contribution in [0.15, 0.2) is 70.5 Å². The van der Waals surface area contributed by atoms with E-state index in [2.05, 4.69) is 5.32 Å². The highest BCUT2D eigenvalue weighted by molar-refractivity contribution is 7.92. The lowest BCUT2D eigenvalue weighted by atomic mass is 10.2. The summed E-state index contributed by atoms with van der Waals surface area (Å²) in [5, 5.41) is 2.63. The summed E-state index contributed by atoms with van der Waals surface area (Å²) in [4.78, 5) is 13.2. The number of benzene rings is 3. The molecular weight excluding hydrogens is 586 g/mol. The first kappa shape index (κ1) is 31.1. The molecule has 1 fully saturated rings. The molecule has 1 saturated heterocycles. The number of carbonyl (C=O) groups is 1. The number of carbonyl (C=O) groups excluding carboxylic acids is 1. The molecule has 0 aliphatic carbocycles. The van der Waals surface area contributed by atoms with E-state index in [9.17, 15) is 21.6 Å². The Kier molecular flexibility index (Phi) is 9.61. The summed E-state index contributed by atoms with van der Waals surface area (Å²) >= 11 is 0. The maximum atomic E-state index is 13.9. The van der Waals surface area contributed by atoms with Crippen LogP contribution in [0.4, 0.5) is 11.4 Å². The Balaban J connectivity index is 1.67. The van der Waals surface area contributed by atoms with Crippen molar-refractivity contribution in [1.29, 1.82) is 0 Å². The quantitative estimate of drug-likeness (QED) is 0.343. The maximum absolute atomic E-state index is 13.9. The number of hydrogen-bond donors (Lipinski definition) is 1. The fourth-order valence-electron chi connectivity index (χ4n) is 4.33. The minimum absolute atomic E-state index is 0.0474. The highest BCUT2D eigenvalue weighted by atomic mass is 32.2. The van der Waals surface area contributed by atoms with Gasteiger partial charge in [-0.25, -0.2) is 16.8 Å². The van der Waals surface area contributed by atoms with E-state index in [-0.39, 0.29) is 59.0 Å². The monoisotopic (exact) mass is 619 g/mol. The van der Waals surface area contributed by atoms with Gasteiger partial charge in [-0.1, -0.05) is 17.7 Å². The average Bonchev–Trinajstić information content (AvgIpc) is 3.00. The number of ether oxygens (including phenoxy) is 4. The van der Waals surface area contributed by atoms with Gasteiger partial charge in [-0.15, -0.1) is 0 Å². The molecule has 0 spiro atoms. The zero-order valence-corrected chi connectivity index (χ0v) is 25.3. The van der Waals surface area contributed by atoms with E-state index >= 15 is 0 Å². The number of methoxy groups -OCH3 is 3. The Morgan fingerprint density at radius 2 is 1.43 bits per heavy atom. The van der Waals surface area contributed by atoms with Crippen molar-refractivity contribution in [2.45, 2.75) is 16.7 Å². The van der Waals surface area contributed by atoms with Gasteiger partial charge in [0.1, 0.15) is 12.3 Å². The average molecular weight is 620 g/mol. The standard InChI is InChI=1S/C28H33N3O9S2/c1-20-5-7-21(8-6-20)31(42(35,36)23-10-12-26(38-3)27(18-23)39-4)19-28(32)29-24-17-22(9-11-25(24)37-2)41(33,34)30-13-15-40-16-14-30/h5-12,17-18H,13-16,19H2,1-4H3,(H,29,32). The number of aryl methyl sites for hydroxylation is 1. The van der Waals surface area contributed by atoms with Gasteiger partial charge in [0, 0.05) is 19.2 Å². The van der Waals surface area contributed by atoms with Gasteiger partial charge >= 0.3 is 0 Å². The van der Waals surface area contributed by atoms with Crippen molar-refractivity contribution in [3.05, 3.63) is 66.2 Å². The molecule has 0 unspecified atom stereocenters. The first-order chi connectivity index (χ1) is 20.0. The third-order valence-corrected chi connectivity index (χ3v) is 10.3. The lowest BCUT2D eigenvalue weighted by Crippen LogP contribution is -2.40. The molecule has 1 heterocycles. The van der Waals surface area contributed by atoms with Gasteiger partial charge in [-0.05, 0) is 49.4 Å². The van der Waals surface area contributed by atoms with E-state index in [0.29, 0.717) is 5.75 Å². The summed E-state index contributed by atoms with van der Waals surface area (Å²) in [6, 6.07) is 14.9. The molecule has 0 radical (unpaired) electrons. The normalized spacial score (nSPS) is 14.2. The van der Waals surface area contributed by atoms with Gasteiger partial charge in [0.05, 0.1) is 55.7 Å². The predicted octanol–water partition coefficient (Wildman–Crippen LogP) is 2.88. The molecular formula is C28H33N3O9S2. The van der Waals surface area contributed by atoms with Gasteiger partial charge in [0.25, 0.3) is 10.0 Å². The Labute approximate surface area is 245 Å². The summed E-state index contributed by atoms with van der Waals surface area (Å²) in [5.41, 5.74) is 1.22. The molecule has 1 N–H and O–H groups in total. The molecule has 226 valence electrons. The number of morpholine rings is 1. The van der Waals surface area contributed by atoms with Crippen molar-refractivity contribution < 1.29 is 40.6 Å². The van der Waals surface area contributed by atoms with Crippen molar-refractivity contribution in [3.8, 4) is 17.2 Å². The predicted molar refractivity (Wildman–Crippen MR) is 156 cm³/mol. The van der Waals surface area contributed by atoms with Crippen molar-refractivity contribution >= 4 is 37.3 Å². The molecule has 1 aliphatic heterocycles. The number of anilines is 2. The van der Waals surface area contributed by atoms with Crippen LogP contribution in [-0.2, 0) is 29.6 Å². The molecule has 3 aromatic rings. The van der Waals surface area contributed by atoms with Crippen LogP contribution in [0.3, 0.4) is 0 Å². The molecule has 0 bridgehead atoms. The maximum Gasteiger partial charge on any atom is 0.264 e. The second-order valence-electron chi connectivity index (χ2n) is 9.29. The van der Waals surface area contributed by atoms with Gasteiger partial charge in [0.15, 0.2) is 11.5 Å². The van der Waals surface area contributed by atoms with Crippen molar-refractivity contribution in [1.82, 2.24) is 4.31 Å². The second-order valence-corrected chi connectivity index (χ2v) is 13.1. The highest BCUT2D eigenvalue weighted by Gasteiger charge is 2.30. The number of sulfonamides is 2. The molecule has 12 nitrogen and oxygen atoms in total. The van der Waals surface area contributed by atoms with Crippen LogP contribution in [0.25, 0.3) is 0 Å². The van der Waals surface area contributed by atoms with Crippen molar-refractivity contribution in [3.63, 3.8) is 0 Å². The van der Waals surface area contributed by atoms with Gasteiger partial charge in [-0.2, -0.15) is 4.31 Å². The lowest BCUT2D eigenvalue weighted by molar-refractivity contribution is -0.114. The van der Waals surface area contributed by atoms with Crippen molar-refractivity contribution in [2.24, 2.45) is 0 Å². The molecule has 3 aromatic carbocycles. The third-order valence-electron chi connectivity index (χ3n) is 6.61. The smallest absolute Gasteiger partial charge is 0.264 e. The van der Waals surface area contributed by atoms with E-state index in [4.69, 9.17) is 18.9 Å². The molecule has 1 aliphatic rings. The molecule has 0 aromatic heterocycles. The van der Waals surface area contributed by atoms with Crippen LogP contribution in [0, 0.1) is 6.92 Å². The Morgan fingerprint density at radius 3 is 2.05 bits per heavy atom. The van der Waals surface area contributed by atoms with Crippen LogP contribution in [0.2, 0.25) is 0 Å². The fourth-order valence-corrected chi connectivity index (χ4v) is 7.20. The number of rotatable bonds is 11. The van der Waals surface area contributed by atoms with Crippen LogP contribution in [0.5, 0.6) is 17.2 Å². The number of hydrogen-bond acceptors (Lipinski definition) is 9. The SMILES string of the molecule is COc1ccc(S(=O)(=O)N2CCOCC2)cc1NC(=O)CN(c1ccc(C)cc1)S(=O)(=O)c1ccc(OC)c(OC)c1. The summed E-state index contributed by atoms with van der Waals surface area (Å²) in [5.74, 6) is 0.0257. The molecule has 14 heteroatoms. The first-order valence-corrected chi connectivity index (χ1v) is 15.8. The zero-order valence-electron chi connectivity index (χ0n) is 23.7. The molecule has 1 amide bonds. The molecule has 4 rings (SSSR count). The number of nitrogens with zero attached hydrogens (tertiary/aromatic N) is 2. The van der Waals surface area contributed by atoms with E-state index in [0.717, 1.165) is 9.87 Å². The Bertz CT molecular complexity index is 1640. The van der Waals surface area contributed by atoms with Crippen LogP contribution in [0.1, 0.15) is 5.56 Å². The van der Waals surface area contributed by atoms with Gasteiger partial charge in [0.2, 0.25) is 15.9 Å². The number of amides is 1. The van der Waals surface area contributed by atoms with Crippen LogP contribution in [-0.4, -0.2) is 81.2 Å². The van der Waals surface area contributed by atoms with Crippen molar-refractivity contribution in [2.75, 3.05) is 63.8 Å². The second kappa shape index (κ2) is 13.0. The molecule has 0 saturated carbocycles. The molecule has 42 heavy (non-hydrogen) atoms. The largest absolute Gasteiger partial charge is 0.495 e. The van der Waals surface area contributed by atoms with Crippen LogP contribution < -0.4 is 23.8 Å². The minimum Gasteiger partial charge on any atom is -0.495 e. The Hall–Kier alpha value is -3.85. The van der Waals surface area contributed by atoms with Gasteiger partial charge < -0.3 is 24.3 Å². The lowest BCUT2D eigenvalue weighted by Gasteiger charge is -2.26. The van der Waals surface area contributed by atoms with Crippen LogP contribution >= 0.6 is 0 Å². The third kappa shape index (κ3) is 6.62. The van der Waals surface area contributed by atoms with E-state index in [1.54, 1.807) is 24.3 Å². The van der Waals surface area contributed by atoms with E-state index in [1.807, 2.05) is 6.92 Å². The summed E-state index contributed by atoms with van der Waals surface area (Å²) in [6.07, 6.45) is 0. The summed E-state index contributed by atoms with van der Waals surface area (Å²) in [7, 11) is -3.95. The Morgan fingerprint density at radius 1 is 0.833 bits per heavy atom. The summed E-state index contributed by atoms with van der Waals surface area (Å²) in [6.45, 7) is 2.20. The first-order valence-electron chi connectivity index (χ1n) is 12.9. The van der Waals surface area contributed by atoms with E-state index < -0.39 is 32.5 Å². The summed E-state index contributed by atoms with van der Waals surface area (Å²) < 4.78 is 77.6. The fraction of sp³-hybridized carbons (Fsp3) is 0.321. The minimum atomic E-state index is -4.28.